The Bertz CT molecular complexity index is 372. The standard InChI is InChI=1S/C14H25NO5/c1-6-19-11(16)10-7-8-14(5,18)9-15(10)12(17)20-13(2,3)4/h10,18H,6-9H2,1-5H3/t10-,14-/m0/s1. The fraction of sp³-hybridized carbons (Fsp3) is 0.857. The maximum Gasteiger partial charge on any atom is 0.411 e. The van der Waals surface area contributed by atoms with Crippen molar-refractivity contribution in [3.63, 3.8) is 0 Å². The number of hydrogen-bond acceptors (Lipinski definition) is 5. The van der Waals surface area contributed by atoms with Gasteiger partial charge in [0, 0.05) is 0 Å². The Balaban J connectivity index is 2.87. The molecule has 2 atom stereocenters. The summed E-state index contributed by atoms with van der Waals surface area (Å²) in [6, 6.07) is -0.690. The van der Waals surface area contributed by atoms with Crippen molar-refractivity contribution in [1.29, 1.82) is 0 Å². The first kappa shape index (κ1) is 16.8. The smallest absolute Gasteiger partial charge is 0.411 e. The van der Waals surface area contributed by atoms with Crippen LogP contribution in [-0.2, 0) is 14.3 Å². The lowest BCUT2D eigenvalue weighted by atomic mass is 9.90. The molecule has 1 aliphatic rings. The van der Waals surface area contributed by atoms with E-state index < -0.39 is 29.3 Å². The summed E-state index contributed by atoms with van der Waals surface area (Å²) >= 11 is 0. The lowest BCUT2D eigenvalue weighted by Crippen LogP contribution is -2.57. The number of rotatable bonds is 2. The molecule has 6 nitrogen and oxygen atoms in total. The van der Waals surface area contributed by atoms with Crippen LogP contribution in [0.1, 0.15) is 47.5 Å². The minimum atomic E-state index is -1.01. The molecular weight excluding hydrogens is 262 g/mol. The second-order valence-electron chi connectivity index (χ2n) is 6.41. The van der Waals surface area contributed by atoms with Crippen molar-refractivity contribution >= 4 is 12.1 Å². The van der Waals surface area contributed by atoms with Crippen LogP contribution in [0, 0.1) is 0 Å². The topological polar surface area (TPSA) is 76.1 Å². The van der Waals surface area contributed by atoms with Gasteiger partial charge in [-0.15, -0.1) is 0 Å². The van der Waals surface area contributed by atoms with Crippen LogP contribution in [0.25, 0.3) is 0 Å². The van der Waals surface area contributed by atoms with E-state index >= 15 is 0 Å². The van der Waals surface area contributed by atoms with E-state index in [2.05, 4.69) is 0 Å². The molecule has 0 radical (unpaired) electrons. The van der Waals surface area contributed by atoms with Gasteiger partial charge in [-0.2, -0.15) is 0 Å². The van der Waals surface area contributed by atoms with Crippen molar-refractivity contribution in [3.8, 4) is 0 Å². The van der Waals surface area contributed by atoms with Crippen molar-refractivity contribution in [2.24, 2.45) is 0 Å². The van der Waals surface area contributed by atoms with Crippen molar-refractivity contribution in [2.75, 3.05) is 13.2 Å². The number of likely N-dealkylation sites (tertiary alicyclic amines) is 1. The molecule has 6 heteroatoms. The summed E-state index contributed by atoms with van der Waals surface area (Å²) in [5.74, 6) is -0.450. The van der Waals surface area contributed by atoms with Crippen LogP contribution in [0.5, 0.6) is 0 Å². The quantitative estimate of drug-likeness (QED) is 0.782. The number of carbonyl (C=O) groups excluding carboxylic acids is 2. The largest absolute Gasteiger partial charge is 0.464 e. The first-order chi connectivity index (χ1) is 9.06. The van der Waals surface area contributed by atoms with Gasteiger partial charge in [-0.25, -0.2) is 9.59 Å². The molecule has 0 aromatic rings. The van der Waals surface area contributed by atoms with E-state index in [1.807, 2.05) is 0 Å². The van der Waals surface area contributed by atoms with E-state index in [4.69, 9.17) is 9.47 Å². The molecule has 1 saturated heterocycles. The summed E-state index contributed by atoms with van der Waals surface area (Å²) in [7, 11) is 0. The Kier molecular flexibility index (Phi) is 5.02. The molecule has 1 aliphatic heterocycles. The fourth-order valence-electron chi connectivity index (χ4n) is 2.16. The second kappa shape index (κ2) is 5.99. The molecule has 1 fully saturated rings. The van der Waals surface area contributed by atoms with Gasteiger partial charge < -0.3 is 14.6 Å². The number of esters is 1. The Morgan fingerprint density at radius 2 is 2.00 bits per heavy atom. The zero-order chi connectivity index (χ0) is 15.6. The van der Waals surface area contributed by atoms with Gasteiger partial charge in [-0.05, 0) is 47.5 Å². The summed E-state index contributed by atoms with van der Waals surface area (Å²) in [6.45, 7) is 8.95. The normalized spacial score (nSPS) is 27.1. The summed E-state index contributed by atoms with van der Waals surface area (Å²) < 4.78 is 10.3. The van der Waals surface area contributed by atoms with Crippen LogP contribution in [0.4, 0.5) is 4.79 Å². The monoisotopic (exact) mass is 287 g/mol. The van der Waals surface area contributed by atoms with Crippen LogP contribution < -0.4 is 0 Å². The van der Waals surface area contributed by atoms with Crippen LogP contribution in [-0.4, -0.2) is 52.5 Å². The number of carbonyl (C=O) groups is 2. The number of amides is 1. The van der Waals surface area contributed by atoms with Crippen molar-refractivity contribution in [3.05, 3.63) is 0 Å². The SMILES string of the molecule is CCOC(=O)[C@@H]1CC[C@](C)(O)CN1C(=O)OC(C)(C)C. The maximum absolute atomic E-state index is 12.2. The zero-order valence-corrected chi connectivity index (χ0v) is 12.9. The molecule has 0 aliphatic carbocycles. The van der Waals surface area contributed by atoms with E-state index in [0.29, 0.717) is 12.8 Å². The molecule has 0 saturated carbocycles. The number of nitrogens with zero attached hydrogens (tertiary/aromatic N) is 1. The predicted molar refractivity (Wildman–Crippen MR) is 73.2 cm³/mol. The Labute approximate surface area is 120 Å². The molecule has 1 heterocycles. The summed E-state index contributed by atoms with van der Waals surface area (Å²) in [5, 5.41) is 10.1. The molecule has 0 bridgehead atoms. The van der Waals surface area contributed by atoms with Crippen LogP contribution in [0.15, 0.2) is 0 Å². The van der Waals surface area contributed by atoms with Gasteiger partial charge in [0.2, 0.25) is 0 Å². The molecule has 1 rings (SSSR count). The highest BCUT2D eigenvalue weighted by atomic mass is 16.6. The summed E-state index contributed by atoms with van der Waals surface area (Å²) in [5.41, 5.74) is -1.67. The third-order valence-corrected chi connectivity index (χ3v) is 3.03. The highest BCUT2D eigenvalue weighted by Gasteiger charge is 2.42. The fourth-order valence-corrected chi connectivity index (χ4v) is 2.16. The molecule has 20 heavy (non-hydrogen) atoms. The number of aliphatic hydroxyl groups is 1. The van der Waals surface area contributed by atoms with Crippen molar-refractivity contribution in [2.45, 2.75) is 64.7 Å². The lowest BCUT2D eigenvalue weighted by molar-refractivity contribution is -0.154. The minimum Gasteiger partial charge on any atom is -0.464 e. The zero-order valence-electron chi connectivity index (χ0n) is 12.9. The lowest BCUT2D eigenvalue weighted by Gasteiger charge is -2.41. The van der Waals surface area contributed by atoms with E-state index in [-0.39, 0.29) is 13.2 Å². The first-order valence-corrected chi connectivity index (χ1v) is 6.94. The highest BCUT2D eigenvalue weighted by molar-refractivity contribution is 5.82. The van der Waals surface area contributed by atoms with E-state index in [1.54, 1.807) is 34.6 Å². The third kappa shape index (κ3) is 4.67. The molecule has 1 amide bonds. The molecular formula is C14H25NO5. The second-order valence-corrected chi connectivity index (χ2v) is 6.41. The van der Waals surface area contributed by atoms with Crippen molar-refractivity contribution in [1.82, 2.24) is 4.90 Å². The van der Waals surface area contributed by atoms with E-state index in [9.17, 15) is 14.7 Å². The van der Waals surface area contributed by atoms with Crippen LogP contribution >= 0.6 is 0 Å². The Hall–Kier alpha value is -1.30. The Morgan fingerprint density at radius 1 is 1.40 bits per heavy atom. The maximum atomic E-state index is 12.2. The van der Waals surface area contributed by atoms with Gasteiger partial charge in [-0.3, -0.25) is 4.90 Å². The predicted octanol–water partition coefficient (Wildman–Crippen LogP) is 1.70. The summed E-state index contributed by atoms with van der Waals surface area (Å²) in [4.78, 5) is 25.4. The van der Waals surface area contributed by atoms with Gasteiger partial charge in [0.05, 0.1) is 18.8 Å². The van der Waals surface area contributed by atoms with E-state index in [1.165, 1.54) is 4.90 Å². The van der Waals surface area contributed by atoms with Gasteiger partial charge in [0.25, 0.3) is 0 Å². The molecule has 1 N–H and O–H groups in total. The van der Waals surface area contributed by atoms with Gasteiger partial charge in [0.15, 0.2) is 0 Å². The molecule has 0 spiro atoms. The molecule has 116 valence electrons. The summed E-state index contributed by atoms with van der Waals surface area (Å²) in [6.07, 6.45) is 0.205. The molecule has 0 aromatic heterocycles. The number of β-amino-alcohol motifs (C(OH)–C–C–N with tert-alkyl or cyclic N) is 1. The Morgan fingerprint density at radius 3 is 2.50 bits per heavy atom. The number of ether oxygens (including phenoxy) is 2. The number of hydrogen-bond donors (Lipinski definition) is 1. The molecule has 0 aromatic carbocycles. The van der Waals surface area contributed by atoms with E-state index in [0.717, 1.165) is 0 Å². The number of piperidine rings is 1. The van der Waals surface area contributed by atoms with Gasteiger partial charge in [0.1, 0.15) is 11.6 Å². The minimum absolute atomic E-state index is 0.0609. The average Bonchev–Trinajstić information content (AvgIpc) is 2.25. The van der Waals surface area contributed by atoms with Crippen LogP contribution in [0.2, 0.25) is 0 Å². The van der Waals surface area contributed by atoms with Crippen LogP contribution in [0.3, 0.4) is 0 Å². The van der Waals surface area contributed by atoms with Gasteiger partial charge in [-0.1, -0.05) is 0 Å². The molecule has 0 unspecified atom stereocenters. The third-order valence-electron chi connectivity index (χ3n) is 3.03. The first-order valence-electron chi connectivity index (χ1n) is 6.94. The highest BCUT2D eigenvalue weighted by Crippen LogP contribution is 2.27. The van der Waals surface area contributed by atoms with Crippen molar-refractivity contribution < 1.29 is 24.2 Å². The average molecular weight is 287 g/mol. The van der Waals surface area contributed by atoms with Gasteiger partial charge >= 0.3 is 12.1 Å².